The molecule has 0 saturated carbocycles. The van der Waals surface area contributed by atoms with Crippen LogP contribution < -0.4 is 0 Å². The minimum absolute atomic E-state index is 0.00738. The van der Waals surface area contributed by atoms with Crippen LogP contribution in [0.1, 0.15) is 31.4 Å². The summed E-state index contributed by atoms with van der Waals surface area (Å²) >= 11 is 0. The first-order valence-corrected chi connectivity index (χ1v) is 6.70. The van der Waals surface area contributed by atoms with Gasteiger partial charge in [0.15, 0.2) is 0 Å². The lowest BCUT2D eigenvalue weighted by atomic mass is 9.97. The van der Waals surface area contributed by atoms with E-state index in [1.54, 1.807) is 30.1 Å². The van der Waals surface area contributed by atoms with Crippen molar-refractivity contribution < 1.29 is 13.9 Å². The third-order valence-corrected chi connectivity index (χ3v) is 3.85. The maximum Gasteiger partial charge on any atom is 0.226 e. The summed E-state index contributed by atoms with van der Waals surface area (Å²) in [4.78, 5) is 14.0. The van der Waals surface area contributed by atoms with Crippen molar-refractivity contribution in [1.29, 1.82) is 0 Å². The molecule has 1 aliphatic rings. The van der Waals surface area contributed by atoms with Gasteiger partial charge in [-0.15, -0.1) is 0 Å². The molecule has 3 nitrogen and oxygen atoms in total. The Balaban J connectivity index is 2.08. The minimum atomic E-state index is -0.262. The molecule has 1 atom stereocenters. The van der Waals surface area contributed by atoms with E-state index in [1.807, 2.05) is 6.92 Å². The number of ether oxygens (including phenoxy) is 1. The maximum atomic E-state index is 13.7. The number of hydrogen-bond donors (Lipinski definition) is 0. The summed E-state index contributed by atoms with van der Waals surface area (Å²) < 4.78 is 19.0. The molecule has 0 N–H and O–H groups in total. The number of rotatable bonds is 3. The van der Waals surface area contributed by atoms with Gasteiger partial charge in [0.05, 0.1) is 6.04 Å². The van der Waals surface area contributed by atoms with Crippen LogP contribution in [0.15, 0.2) is 24.3 Å². The van der Waals surface area contributed by atoms with Gasteiger partial charge in [-0.3, -0.25) is 4.79 Å². The van der Waals surface area contributed by atoms with Crippen molar-refractivity contribution in [1.82, 2.24) is 4.90 Å². The lowest BCUT2D eigenvalue weighted by Crippen LogP contribution is -2.37. The molecule has 2 rings (SSSR count). The van der Waals surface area contributed by atoms with E-state index in [9.17, 15) is 9.18 Å². The van der Waals surface area contributed by atoms with Gasteiger partial charge in [0, 0.05) is 31.7 Å². The van der Waals surface area contributed by atoms with Crippen molar-refractivity contribution in [2.45, 2.75) is 25.8 Å². The van der Waals surface area contributed by atoms with Crippen molar-refractivity contribution in [2.75, 3.05) is 20.3 Å². The van der Waals surface area contributed by atoms with Gasteiger partial charge in [-0.2, -0.15) is 0 Å². The number of amides is 1. The van der Waals surface area contributed by atoms with E-state index in [1.165, 1.54) is 6.07 Å². The molecule has 1 amide bonds. The first kappa shape index (κ1) is 14.0. The van der Waals surface area contributed by atoms with E-state index >= 15 is 0 Å². The molecule has 1 aliphatic heterocycles. The Morgan fingerprint density at radius 1 is 1.37 bits per heavy atom. The molecule has 0 bridgehead atoms. The molecule has 1 unspecified atom stereocenters. The summed E-state index contributed by atoms with van der Waals surface area (Å²) in [5.74, 6) is -0.173. The van der Waals surface area contributed by atoms with Crippen molar-refractivity contribution in [3.05, 3.63) is 35.6 Å². The van der Waals surface area contributed by atoms with Crippen LogP contribution in [0.25, 0.3) is 0 Å². The zero-order valence-corrected chi connectivity index (χ0v) is 11.4. The van der Waals surface area contributed by atoms with E-state index in [2.05, 4.69) is 0 Å². The highest BCUT2D eigenvalue weighted by Crippen LogP contribution is 2.25. The fourth-order valence-electron chi connectivity index (χ4n) is 2.45. The van der Waals surface area contributed by atoms with Crippen molar-refractivity contribution in [2.24, 2.45) is 5.92 Å². The van der Waals surface area contributed by atoms with Crippen LogP contribution in [0.5, 0.6) is 0 Å². The van der Waals surface area contributed by atoms with Crippen LogP contribution in [-0.2, 0) is 9.53 Å². The van der Waals surface area contributed by atoms with E-state index in [4.69, 9.17) is 4.74 Å². The third-order valence-electron chi connectivity index (χ3n) is 3.85. The van der Waals surface area contributed by atoms with E-state index < -0.39 is 0 Å². The Kier molecular flexibility index (Phi) is 4.53. The summed E-state index contributed by atoms with van der Waals surface area (Å²) in [6.07, 6.45) is 1.51. The van der Waals surface area contributed by atoms with Gasteiger partial charge in [0.1, 0.15) is 5.82 Å². The van der Waals surface area contributed by atoms with Crippen LogP contribution in [0.4, 0.5) is 4.39 Å². The second-order valence-electron chi connectivity index (χ2n) is 5.03. The van der Waals surface area contributed by atoms with Gasteiger partial charge in [-0.1, -0.05) is 18.2 Å². The Bertz CT molecular complexity index is 444. The SMILES string of the molecule is CC(c1ccccc1F)N(C)C(=O)C1CCOCC1. The van der Waals surface area contributed by atoms with Crippen molar-refractivity contribution in [3.63, 3.8) is 0 Å². The number of carbonyl (C=O) groups excluding carboxylic acids is 1. The maximum absolute atomic E-state index is 13.7. The molecule has 4 heteroatoms. The lowest BCUT2D eigenvalue weighted by molar-refractivity contribution is -0.139. The highest BCUT2D eigenvalue weighted by Gasteiger charge is 2.28. The van der Waals surface area contributed by atoms with Gasteiger partial charge in [0.2, 0.25) is 5.91 Å². The van der Waals surface area contributed by atoms with Gasteiger partial charge in [-0.25, -0.2) is 4.39 Å². The molecule has 19 heavy (non-hydrogen) atoms. The van der Waals surface area contributed by atoms with E-state index in [0.717, 1.165) is 12.8 Å². The zero-order chi connectivity index (χ0) is 13.8. The normalized spacial score (nSPS) is 18.1. The Labute approximate surface area is 113 Å². The molecule has 1 fully saturated rings. The van der Waals surface area contributed by atoms with Gasteiger partial charge >= 0.3 is 0 Å². The van der Waals surface area contributed by atoms with Crippen LogP contribution in [0.3, 0.4) is 0 Å². The average molecular weight is 265 g/mol. The Morgan fingerprint density at radius 3 is 2.63 bits per heavy atom. The summed E-state index contributed by atoms with van der Waals surface area (Å²) in [6, 6.07) is 6.36. The molecular weight excluding hydrogens is 245 g/mol. The average Bonchev–Trinajstić information content (AvgIpc) is 2.46. The molecule has 0 radical (unpaired) electrons. The highest BCUT2D eigenvalue weighted by molar-refractivity contribution is 5.79. The molecule has 1 aromatic rings. The smallest absolute Gasteiger partial charge is 0.226 e. The van der Waals surface area contributed by atoms with Gasteiger partial charge < -0.3 is 9.64 Å². The molecule has 0 aromatic heterocycles. The highest BCUT2D eigenvalue weighted by atomic mass is 19.1. The van der Waals surface area contributed by atoms with Crippen molar-refractivity contribution in [3.8, 4) is 0 Å². The van der Waals surface area contributed by atoms with E-state index in [0.29, 0.717) is 18.8 Å². The summed E-state index contributed by atoms with van der Waals surface area (Å²) in [7, 11) is 1.74. The van der Waals surface area contributed by atoms with Gasteiger partial charge in [-0.05, 0) is 25.8 Å². The van der Waals surface area contributed by atoms with Gasteiger partial charge in [0.25, 0.3) is 0 Å². The Hall–Kier alpha value is -1.42. The quantitative estimate of drug-likeness (QED) is 0.841. The zero-order valence-electron chi connectivity index (χ0n) is 11.4. The fourth-order valence-corrected chi connectivity index (χ4v) is 2.45. The fraction of sp³-hybridized carbons (Fsp3) is 0.533. The molecule has 0 aliphatic carbocycles. The molecule has 1 aromatic carbocycles. The first-order chi connectivity index (χ1) is 9.11. The topological polar surface area (TPSA) is 29.5 Å². The summed E-state index contributed by atoms with van der Waals surface area (Å²) in [5.41, 5.74) is 0.561. The van der Waals surface area contributed by atoms with Crippen LogP contribution in [0.2, 0.25) is 0 Å². The largest absolute Gasteiger partial charge is 0.381 e. The standard InChI is InChI=1S/C15H20FNO2/c1-11(13-5-3-4-6-14(13)16)17(2)15(18)12-7-9-19-10-8-12/h3-6,11-12H,7-10H2,1-2H3. The number of halogens is 1. The lowest BCUT2D eigenvalue weighted by Gasteiger charge is -2.31. The minimum Gasteiger partial charge on any atom is -0.381 e. The molecule has 0 spiro atoms. The van der Waals surface area contributed by atoms with Crippen molar-refractivity contribution >= 4 is 5.91 Å². The Morgan fingerprint density at radius 2 is 2.00 bits per heavy atom. The van der Waals surface area contributed by atoms with Crippen LogP contribution >= 0.6 is 0 Å². The number of nitrogens with zero attached hydrogens (tertiary/aromatic N) is 1. The van der Waals surface area contributed by atoms with Crippen LogP contribution in [-0.4, -0.2) is 31.1 Å². The second kappa shape index (κ2) is 6.15. The molecular formula is C15H20FNO2. The first-order valence-electron chi connectivity index (χ1n) is 6.70. The number of hydrogen-bond acceptors (Lipinski definition) is 2. The second-order valence-corrected chi connectivity index (χ2v) is 5.03. The predicted molar refractivity (Wildman–Crippen MR) is 71.1 cm³/mol. The number of carbonyl (C=O) groups is 1. The molecule has 104 valence electrons. The molecule has 1 saturated heterocycles. The monoisotopic (exact) mass is 265 g/mol. The number of benzene rings is 1. The summed E-state index contributed by atoms with van der Waals surface area (Å²) in [6.45, 7) is 3.13. The summed E-state index contributed by atoms with van der Waals surface area (Å²) in [5, 5.41) is 0. The van der Waals surface area contributed by atoms with E-state index in [-0.39, 0.29) is 23.7 Å². The predicted octanol–water partition coefficient (Wildman–Crippen LogP) is 2.77. The third kappa shape index (κ3) is 3.13. The van der Waals surface area contributed by atoms with Crippen LogP contribution in [0, 0.1) is 11.7 Å². The molecule has 1 heterocycles.